The van der Waals surface area contributed by atoms with Gasteiger partial charge in [-0.05, 0) is 30.7 Å². The number of nitrogens with zero attached hydrogens (tertiary/aromatic N) is 2. The van der Waals surface area contributed by atoms with Gasteiger partial charge >= 0.3 is 0 Å². The third-order valence-corrected chi connectivity index (χ3v) is 3.00. The van der Waals surface area contributed by atoms with E-state index in [-0.39, 0.29) is 0 Å². The fourth-order valence-electron chi connectivity index (χ4n) is 1.69. The number of fused-ring (bicyclic) bond motifs is 1. The second kappa shape index (κ2) is 3.45. The molecule has 3 rings (SSSR count). The zero-order valence-electron chi connectivity index (χ0n) is 8.58. The SMILES string of the molecule is Cc1cn[nH]c1-c1nc2ccc(Br)cc2[nH]1. The first-order chi connectivity index (χ1) is 7.74. The Hall–Kier alpha value is -1.62. The summed E-state index contributed by atoms with van der Waals surface area (Å²) < 4.78 is 1.04. The molecule has 5 heteroatoms. The molecule has 0 aliphatic rings. The number of aromatic amines is 2. The number of aromatic nitrogens is 4. The zero-order valence-corrected chi connectivity index (χ0v) is 10.2. The van der Waals surface area contributed by atoms with E-state index in [0.29, 0.717) is 0 Å². The minimum Gasteiger partial charge on any atom is -0.337 e. The van der Waals surface area contributed by atoms with Gasteiger partial charge in [0, 0.05) is 4.47 Å². The molecule has 0 radical (unpaired) electrons. The van der Waals surface area contributed by atoms with Crippen LogP contribution in [0.15, 0.2) is 28.9 Å². The van der Waals surface area contributed by atoms with Crippen LogP contribution in [0.5, 0.6) is 0 Å². The summed E-state index contributed by atoms with van der Waals surface area (Å²) in [6, 6.07) is 5.97. The largest absolute Gasteiger partial charge is 0.337 e. The molecule has 0 unspecified atom stereocenters. The number of H-pyrrole nitrogens is 2. The molecule has 3 aromatic rings. The molecule has 4 nitrogen and oxygen atoms in total. The number of hydrogen-bond acceptors (Lipinski definition) is 2. The maximum absolute atomic E-state index is 4.51. The fraction of sp³-hybridized carbons (Fsp3) is 0.0909. The maximum Gasteiger partial charge on any atom is 0.156 e. The van der Waals surface area contributed by atoms with Crippen molar-refractivity contribution in [1.29, 1.82) is 0 Å². The zero-order chi connectivity index (χ0) is 11.1. The van der Waals surface area contributed by atoms with E-state index in [1.165, 1.54) is 0 Å². The minimum atomic E-state index is 0.822. The number of benzene rings is 1. The van der Waals surface area contributed by atoms with Crippen molar-refractivity contribution in [3.8, 4) is 11.5 Å². The van der Waals surface area contributed by atoms with Gasteiger partial charge in [0.05, 0.1) is 17.2 Å². The third-order valence-electron chi connectivity index (χ3n) is 2.51. The topological polar surface area (TPSA) is 57.4 Å². The highest BCUT2D eigenvalue weighted by atomic mass is 79.9. The van der Waals surface area contributed by atoms with Gasteiger partial charge in [-0.2, -0.15) is 5.10 Å². The predicted molar refractivity (Wildman–Crippen MR) is 66.1 cm³/mol. The lowest BCUT2D eigenvalue weighted by molar-refractivity contribution is 1.08. The molecule has 1 aromatic carbocycles. The Morgan fingerprint density at radius 2 is 2.19 bits per heavy atom. The van der Waals surface area contributed by atoms with E-state index in [0.717, 1.165) is 32.6 Å². The molecular weight excluding hydrogens is 268 g/mol. The second-order valence-corrected chi connectivity index (χ2v) is 4.59. The lowest BCUT2D eigenvalue weighted by Crippen LogP contribution is -1.82. The lowest BCUT2D eigenvalue weighted by atomic mass is 10.3. The first kappa shape index (κ1) is 9.59. The molecule has 0 fully saturated rings. The molecule has 0 bridgehead atoms. The van der Waals surface area contributed by atoms with Crippen LogP contribution in [0.1, 0.15) is 5.56 Å². The van der Waals surface area contributed by atoms with Crippen LogP contribution in [-0.2, 0) is 0 Å². The lowest BCUT2D eigenvalue weighted by Gasteiger charge is -1.91. The Morgan fingerprint density at radius 1 is 1.31 bits per heavy atom. The van der Waals surface area contributed by atoms with Gasteiger partial charge < -0.3 is 4.98 Å². The van der Waals surface area contributed by atoms with E-state index >= 15 is 0 Å². The quantitative estimate of drug-likeness (QED) is 0.718. The first-order valence-corrected chi connectivity index (χ1v) is 5.69. The summed E-state index contributed by atoms with van der Waals surface area (Å²) in [5.41, 5.74) is 3.98. The summed E-state index contributed by atoms with van der Waals surface area (Å²) in [4.78, 5) is 7.78. The van der Waals surface area contributed by atoms with Crippen molar-refractivity contribution in [1.82, 2.24) is 20.2 Å². The number of hydrogen-bond donors (Lipinski definition) is 2. The van der Waals surface area contributed by atoms with Crippen LogP contribution < -0.4 is 0 Å². The summed E-state index contributed by atoms with van der Waals surface area (Å²) in [6.07, 6.45) is 1.79. The average molecular weight is 277 g/mol. The van der Waals surface area contributed by atoms with Gasteiger partial charge in [0.25, 0.3) is 0 Å². The highest BCUT2D eigenvalue weighted by molar-refractivity contribution is 9.10. The molecule has 2 N–H and O–H groups in total. The van der Waals surface area contributed by atoms with Crippen molar-refractivity contribution in [3.05, 3.63) is 34.4 Å². The van der Waals surface area contributed by atoms with Gasteiger partial charge in [-0.15, -0.1) is 0 Å². The van der Waals surface area contributed by atoms with E-state index in [1.807, 2.05) is 25.1 Å². The van der Waals surface area contributed by atoms with E-state index in [1.54, 1.807) is 6.20 Å². The number of aryl methyl sites for hydroxylation is 1. The Kier molecular flexibility index (Phi) is 2.07. The molecule has 0 saturated carbocycles. The van der Waals surface area contributed by atoms with Crippen molar-refractivity contribution < 1.29 is 0 Å². The molecule has 2 aromatic heterocycles. The van der Waals surface area contributed by atoms with Gasteiger partial charge in [0.1, 0.15) is 5.69 Å². The van der Waals surface area contributed by atoms with Crippen molar-refractivity contribution in [3.63, 3.8) is 0 Å². The van der Waals surface area contributed by atoms with Crippen LogP contribution in [0.4, 0.5) is 0 Å². The van der Waals surface area contributed by atoms with Gasteiger partial charge in [-0.1, -0.05) is 15.9 Å². The van der Waals surface area contributed by atoms with Gasteiger partial charge in [0.15, 0.2) is 5.82 Å². The summed E-state index contributed by atoms with van der Waals surface area (Å²) in [5.74, 6) is 0.822. The standard InChI is InChI=1S/C11H9BrN4/c1-6-5-13-16-10(6)11-14-8-3-2-7(12)4-9(8)15-11/h2-5H,1H3,(H,13,16)(H,14,15). The number of halogens is 1. The molecular formula is C11H9BrN4. The molecule has 2 heterocycles. The molecule has 0 aliphatic heterocycles. The monoisotopic (exact) mass is 276 g/mol. The third kappa shape index (κ3) is 1.44. The predicted octanol–water partition coefficient (Wildman–Crippen LogP) is 3.02. The molecule has 0 atom stereocenters. The maximum atomic E-state index is 4.51. The van der Waals surface area contributed by atoms with Crippen LogP contribution in [0.25, 0.3) is 22.6 Å². The van der Waals surface area contributed by atoms with Crippen LogP contribution in [0, 0.1) is 6.92 Å². The minimum absolute atomic E-state index is 0.822. The van der Waals surface area contributed by atoms with Crippen LogP contribution in [0.2, 0.25) is 0 Å². The van der Waals surface area contributed by atoms with Crippen molar-refractivity contribution in [2.24, 2.45) is 0 Å². The highest BCUT2D eigenvalue weighted by Gasteiger charge is 2.09. The fourth-order valence-corrected chi connectivity index (χ4v) is 2.05. The summed E-state index contributed by atoms with van der Waals surface area (Å²) >= 11 is 3.44. The highest BCUT2D eigenvalue weighted by Crippen LogP contribution is 2.23. The molecule has 0 saturated heterocycles. The Bertz CT molecular complexity index is 653. The molecule has 0 amide bonds. The van der Waals surface area contributed by atoms with Crippen LogP contribution in [0.3, 0.4) is 0 Å². The molecule has 0 spiro atoms. The normalized spacial score (nSPS) is 11.1. The van der Waals surface area contributed by atoms with E-state index in [2.05, 4.69) is 36.1 Å². The van der Waals surface area contributed by atoms with Gasteiger partial charge in [-0.25, -0.2) is 4.98 Å². The first-order valence-electron chi connectivity index (χ1n) is 4.89. The molecule has 0 aliphatic carbocycles. The van der Waals surface area contributed by atoms with Crippen molar-refractivity contribution in [2.75, 3.05) is 0 Å². The number of imidazole rings is 1. The average Bonchev–Trinajstić information content (AvgIpc) is 2.82. The van der Waals surface area contributed by atoms with Crippen LogP contribution in [-0.4, -0.2) is 20.2 Å². The smallest absolute Gasteiger partial charge is 0.156 e. The second-order valence-electron chi connectivity index (χ2n) is 3.67. The van der Waals surface area contributed by atoms with E-state index in [9.17, 15) is 0 Å². The molecule has 80 valence electrons. The van der Waals surface area contributed by atoms with Crippen molar-refractivity contribution in [2.45, 2.75) is 6.92 Å². The number of nitrogens with one attached hydrogen (secondary N) is 2. The van der Waals surface area contributed by atoms with E-state index < -0.39 is 0 Å². The Labute approximate surface area is 100 Å². The number of rotatable bonds is 1. The summed E-state index contributed by atoms with van der Waals surface area (Å²) in [6.45, 7) is 2.00. The molecule has 16 heavy (non-hydrogen) atoms. The van der Waals surface area contributed by atoms with E-state index in [4.69, 9.17) is 0 Å². The van der Waals surface area contributed by atoms with Crippen LogP contribution >= 0.6 is 15.9 Å². The summed E-state index contributed by atoms with van der Waals surface area (Å²) in [7, 11) is 0. The Morgan fingerprint density at radius 3 is 2.94 bits per heavy atom. The Balaban J connectivity index is 2.23. The summed E-state index contributed by atoms with van der Waals surface area (Å²) in [5, 5.41) is 6.93. The van der Waals surface area contributed by atoms with Gasteiger partial charge in [0.2, 0.25) is 0 Å². The van der Waals surface area contributed by atoms with Crippen molar-refractivity contribution >= 4 is 27.0 Å². The van der Waals surface area contributed by atoms with Gasteiger partial charge in [-0.3, -0.25) is 5.10 Å².